The molecule has 0 N–H and O–H groups in total. The van der Waals surface area contributed by atoms with Gasteiger partial charge in [-0.3, -0.25) is 0 Å². The Bertz CT molecular complexity index is 695. The summed E-state index contributed by atoms with van der Waals surface area (Å²) in [4.78, 5) is 4.40. The highest BCUT2D eigenvalue weighted by Gasteiger charge is 2.05. The molecule has 4 nitrogen and oxygen atoms in total. The Morgan fingerprint density at radius 1 is 0.870 bits per heavy atom. The van der Waals surface area contributed by atoms with Crippen LogP contribution in [0.15, 0.2) is 71.3 Å². The zero-order valence-corrected chi connectivity index (χ0v) is 12.9. The van der Waals surface area contributed by atoms with Crippen molar-refractivity contribution in [1.29, 1.82) is 0 Å². The van der Waals surface area contributed by atoms with E-state index in [0.717, 1.165) is 17.9 Å². The van der Waals surface area contributed by atoms with E-state index in [1.807, 2.05) is 48.5 Å². The third-order valence-electron chi connectivity index (χ3n) is 3.32. The summed E-state index contributed by atoms with van der Waals surface area (Å²) in [7, 11) is 0. The molecule has 0 saturated carbocycles. The number of nitrogens with zero attached hydrogens (tertiary/aromatic N) is 1. The Morgan fingerprint density at radius 3 is 2.39 bits per heavy atom. The Balaban J connectivity index is 1.39. The third kappa shape index (κ3) is 4.97. The van der Waals surface area contributed by atoms with Crippen LogP contribution < -0.4 is 4.74 Å². The number of benzene rings is 2. The molecule has 0 saturated heterocycles. The average molecular weight is 309 g/mol. The lowest BCUT2D eigenvalue weighted by Crippen LogP contribution is -2.00. The van der Waals surface area contributed by atoms with Crippen LogP contribution in [0.25, 0.3) is 0 Å². The Hall–Kier alpha value is -2.59. The summed E-state index contributed by atoms with van der Waals surface area (Å²) in [6, 6.07) is 19.7. The summed E-state index contributed by atoms with van der Waals surface area (Å²) >= 11 is 0. The van der Waals surface area contributed by atoms with Gasteiger partial charge in [0, 0.05) is 6.42 Å². The van der Waals surface area contributed by atoms with Crippen molar-refractivity contribution in [3.05, 3.63) is 84.1 Å². The predicted molar refractivity (Wildman–Crippen MR) is 87.1 cm³/mol. The molecular formula is C19H19NO3. The van der Waals surface area contributed by atoms with Gasteiger partial charge in [0.15, 0.2) is 6.61 Å². The van der Waals surface area contributed by atoms with Crippen molar-refractivity contribution in [2.24, 2.45) is 0 Å². The highest BCUT2D eigenvalue weighted by atomic mass is 16.5. The first kappa shape index (κ1) is 15.3. The van der Waals surface area contributed by atoms with Crippen LogP contribution in [0, 0.1) is 0 Å². The average Bonchev–Trinajstić information content (AvgIpc) is 3.07. The van der Waals surface area contributed by atoms with Crippen molar-refractivity contribution in [3.8, 4) is 5.75 Å². The van der Waals surface area contributed by atoms with E-state index in [9.17, 15) is 0 Å². The highest BCUT2D eigenvalue weighted by Crippen LogP contribution is 2.12. The first-order valence-electron chi connectivity index (χ1n) is 7.63. The van der Waals surface area contributed by atoms with Gasteiger partial charge >= 0.3 is 0 Å². The van der Waals surface area contributed by atoms with Crippen LogP contribution >= 0.6 is 0 Å². The van der Waals surface area contributed by atoms with Gasteiger partial charge in [0.1, 0.15) is 12.0 Å². The lowest BCUT2D eigenvalue weighted by Gasteiger charge is -2.03. The monoisotopic (exact) mass is 309 g/mol. The maximum absolute atomic E-state index is 5.65. The zero-order chi connectivity index (χ0) is 15.7. The molecule has 0 aliphatic carbocycles. The molecule has 0 aliphatic rings. The fourth-order valence-electron chi connectivity index (χ4n) is 2.13. The largest absolute Gasteiger partial charge is 0.484 e. The Kier molecular flexibility index (Phi) is 5.43. The molecule has 1 heterocycles. The number of hydrogen-bond acceptors (Lipinski definition) is 4. The number of oxazole rings is 1. The van der Waals surface area contributed by atoms with Gasteiger partial charge in [-0.1, -0.05) is 48.5 Å². The lowest BCUT2D eigenvalue weighted by atomic mass is 10.2. The quantitative estimate of drug-likeness (QED) is 0.590. The topological polar surface area (TPSA) is 44.5 Å². The molecule has 0 aliphatic heterocycles. The summed E-state index contributed by atoms with van der Waals surface area (Å²) in [5, 5.41) is 0. The van der Waals surface area contributed by atoms with Gasteiger partial charge < -0.3 is 13.9 Å². The van der Waals surface area contributed by atoms with Crippen LogP contribution in [0.4, 0.5) is 0 Å². The molecule has 0 bridgehead atoms. The van der Waals surface area contributed by atoms with Crippen molar-refractivity contribution < 1.29 is 13.9 Å². The van der Waals surface area contributed by atoms with Gasteiger partial charge in [-0.05, 0) is 17.7 Å². The van der Waals surface area contributed by atoms with Gasteiger partial charge in [-0.2, -0.15) is 0 Å². The third-order valence-corrected chi connectivity index (χ3v) is 3.32. The van der Waals surface area contributed by atoms with Gasteiger partial charge in [-0.15, -0.1) is 0 Å². The minimum atomic E-state index is 0.328. The molecule has 118 valence electrons. The molecule has 3 rings (SSSR count). The van der Waals surface area contributed by atoms with Crippen LogP contribution in [0.3, 0.4) is 0 Å². The Labute approximate surface area is 135 Å². The predicted octanol–water partition coefficient (Wildman–Crippen LogP) is 4.01. The minimum absolute atomic E-state index is 0.328. The van der Waals surface area contributed by atoms with Crippen LogP contribution in [0.2, 0.25) is 0 Å². The second kappa shape index (κ2) is 8.15. The summed E-state index contributed by atoms with van der Waals surface area (Å²) < 4.78 is 16.7. The first-order chi connectivity index (χ1) is 11.4. The van der Waals surface area contributed by atoms with Gasteiger partial charge in [0.05, 0.1) is 18.9 Å². The second-order valence-corrected chi connectivity index (χ2v) is 5.12. The van der Waals surface area contributed by atoms with Crippen molar-refractivity contribution in [1.82, 2.24) is 4.98 Å². The standard InChI is InChI=1S/C19H19NO3/c1-3-7-16(8-4-1)13-21-12-11-17-14-23-19(20-17)15-22-18-9-5-2-6-10-18/h1-10,14H,11-13,15H2. The normalized spacial score (nSPS) is 10.6. The van der Waals surface area contributed by atoms with E-state index >= 15 is 0 Å². The molecule has 2 aromatic carbocycles. The number of aromatic nitrogens is 1. The second-order valence-electron chi connectivity index (χ2n) is 5.12. The minimum Gasteiger partial charge on any atom is -0.484 e. The zero-order valence-electron chi connectivity index (χ0n) is 12.9. The van der Waals surface area contributed by atoms with Crippen molar-refractivity contribution >= 4 is 0 Å². The maximum Gasteiger partial charge on any atom is 0.232 e. The first-order valence-corrected chi connectivity index (χ1v) is 7.63. The number of ether oxygens (including phenoxy) is 2. The summed E-state index contributed by atoms with van der Waals surface area (Å²) in [6.07, 6.45) is 2.39. The van der Waals surface area contributed by atoms with E-state index in [-0.39, 0.29) is 0 Å². The smallest absolute Gasteiger partial charge is 0.232 e. The van der Waals surface area contributed by atoms with E-state index in [1.165, 1.54) is 5.56 Å². The van der Waals surface area contributed by atoms with Crippen molar-refractivity contribution in [3.63, 3.8) is 0 Å². The molecule has 1 aromatic heterocycles. The van der Waals surface area contributed by atoms with Crippen LogP contribution in [0.5, 0.6) is 5.75 Å². The molecule has 0 fully saturated rings. The van der Waals surface area contributed by atoms with Gasteiger partial charge in [0.25, 0.3) is 0 Å². The fourth-order valence-corrected chi connectivity index (χ4v) is 2.13. The van der Waals surface area contributed by atoms with Crippen molar-refractivity contribution in [2.45, 2.75) is 19.6 Å². The molecule has 0 amide bonds. The molecular weight excluding hydrogens is 290 g/mol. The van der Waals surface area contributed by atoms with E-state index in [0.29, 0.717) is 25.7 Å². The van der Waals surface area contributed by atoms with Gasteiger partial charge in [0.2, 0.25) is 5.89 Å². The summed E-state index contributed by atoms with van der Waals surface area (Å²) in [5.41, 5.74) is 2.05. The fraction of sp³-hybridized carbons (Fsp3) is 0.211. The van der Waals surface area contributed by atoms with E-state index in [1.54, 1.807) is 6.26 Å². The molecule has 0 unspecified atom stereocenters. The van der Waals surface area contributed by atoms with Crippen LogP contribution in [0.1, 0.15) is 17.1 Å². The maximum atomic E-state index is 5.65. The molecule has 0 spiro atoms. The van der Waals surface area contributed by atoms with Gasteiger partial charge in [-0.25, -0.2) is 4.98 Å². The van der Waals surface area contributed by atoms with Crippen LogP contribution in [-0.2, 0) is 24.4 Å². The van der Waals surface area contributed by atoms with Crippen molar-refractivity contribution in [2.75, 3.05) is 6.61 Å². The summed E-state index contributed by atoms with van der Waals surface area (Å²) in [5.74, 6) is 1.38. The summed E-state index contributed by atoms with van der Waals surface area (Å²) in [6.45, 7) is 1.55. The molecule has 0 atom stereocenters. The van der Waals surface area contributed by atoms with Crippen LogP contribution in [-0.4, -0.2) is 11.6 Å². The van der Waals surface area contributed by atoms with E-state index in [4.69, 9.17) is 13.9 Å². The molecule has 23 heavy (non-hydrogen) atoms. The SMILES string of the molecule is c1ccc(COCCc2coc(COc3ccccc3)n2)cc1. The van der Waals surface area contributed by atoms with E-state index < -0.39 is 0 Å². The lowest BCUT2D eigenvalue weighted by molar-refractivity contribution is 0.123. The Morgan fingerprint density at radius 2 is 1.61 bits per heavy atom. The number of rotatable bonds is 8. The number of hydrogen-bond donors (Lipinski definition) is 0. The molecule has 4 heteroatoms. The van der Waals surface area contributed by atoms with E-state index in [2.05, 4.69) is 17.1 Å². The molecule has 3 aromatic rings. The molecule has 0 radical (unpaired) electrons. The highest BCUT2D eigenvalue weighted by molar-refractivity contribution is 5.21. The number of para-hydroxylation sites is 1.